The van der Waals surface area contributed by atoms with Gasteiger partial charge in [-0.2, -0.15) is 0 Å². The van der Waals surface area contributed by atoms with Gasteiger partial charge in [0.1, 0.15) is 10.0 Å². The molecule has 1 N–H and O–H groups in total. The fraction of sp³-hybridized carbons (Fsp3) is 0.300. The first-order chi connectivity index (χ1) is 12.3. The first kappa shape index (κ1) is 16.4. The van der Waals surface area contributed by atoms with Crippen LogP contribution in [-0.4, -0.2) is 34.6 Å². The Bertz CT molecular complexity index is 824. The highest BCUT2D eigenvalue weighted by Gasteiger charge is 2.22. The van der Waals surface area contributed by atoms with Crippen LogP contribution in [0, 0.1) is 0 Å². The molecule has 0 bridgehead atoms. The molecule has 1 fully saturated rings. The van der Waals surface area contributed by atoms with Crippen LogP contribution in [0.2, 0.25) is 0 Å². The molecule has 0 radical (unpaired) electrons. The number of aromatic nitrogens is 2. The molecular weight excluding hydrogens is 332 g/mol. The monoisotopic (exact) mass is 352 g/mol. The SMILES string of the molecule is OCCCc1ccc(-c2nnc(-c3ccc(CC4CO4)cc3)s2)cc1. The fourth-order valence-corrected chi connectivity index (χ4v) is 3.64. The van der Waals surface area contributed by atoms with Crippen molar-refractivity contribution >= 4 is 11.3 Å². The number of benzene rings is 2. The van der Waals surface area contributed by atoms with Gasteiger partial charge in [-0.05, 0) is 24.0 Å². The molecule has 2 heterocycles. The third-order valence-corrected chi connectivity index (χ3v) is 5.34. The van der Waals surface area contributed by atoms with E-state index in [1.807, 2.05) is 0 Å². The van der Waals surface area contributed by atoms with Crippen molar-refractivity contribution in [2.75, 3.05) is 13.2 Å². The van der Waals surface area contributed by atoms with Crippen molar-refractivity contribution in [1.82, 2.24) is 10.2 Å². The van der Waals surface area contributed by atoms with Gasteiger partial charge in [0.15, 0.2) is 0 Å². The summed E-state index contributed by atoms with van der Waals surface area (Å²) in [6.07, 6.45) is 3.10. The van der Waals surface area contributed by atoms with Crippen LogP contribution in [0.4, 0.5) is 0 Å². The van der Waals surface area contributed by atoms with E-state index >= 15 is 0 Å². The highest BCUT2D eigenvalue weighted by molar-refractivity contribution is 7.17. The molecule has 4 rings (SSSR count). The van der Waals surface area contributed by atoms with Gasteiger partial charge >= 0.3 is 0 Å². The zero-order valence-electron chi connectivity index (χ0n) is 13.9. The smallest absolute Gasteiger partial charge is 0.148 e. The summed E-state index contributed by atoms with van der Waals surface area (Å²) in [5, 5.41) is 19.5. The third-order valence-electron chi connectivity index (χ3n) is 4.32. The van der Waals surface area contributed by atoms with E-state index in [-0.39, 0.29) is 6.61 Å². The Morgan fingerprint density at radius 2 is 1.48 bits per heavy atom. The van der Waals surface area contributed by atoms with E-state index in [4.69, 9.17) is 9.84 Å². The molecule has 2 aromatic carbocycles. The number of hydrogen-bond donors (Lipinski definition) is 1. The lowest BCUT2D eigenvalue weighted by molar-refractivity contribution is 0.288. The maximum absolute atomic E-state index is 8.91. The summed E-state index contributed by atoms with van der Waals surface area (Å²) in [4.78, 5) is 0. The maximum atomic E-state index is 8.91. The Morgan fingerprint density at radius 1 is 0.920 bits per heavy atom. The van der Waals surface area contributed by atoms with Gasteiger partial charge in [-0.1, -0.05) is 59.9 Å². The molecular formula is C20H20N2O2S. The van der Waals surface area contributed by atoms with E-state index < -0.39 is 0 Å². The van der Waals surface area contributed by atoms with Crippen molar-refractivity contribution in [2.45, 2.75) is 25.4 Å². The van der Waals surface area contributed by atoms with Crippen LogP contribution in [0.15, 0.2) is 48.5 Å². The van der Waals surface area contributed by atoms with Crippen LogP contribution in [0.25, 0.3) is 21.1 Å². The first-order valence-corrected chi connectivity index (χ1v) is 9.38. The number of rotatable bonds is 7. The molecule has 1 saturated heterocycles. The molecule has 1 atom stereocenters. The lowest BCUT2D eigenvalue weighted by Crippen LogP contribution is -1.92. The van der Waals surface area contributed by atoms with Crippen molar-refractivity contribution in [2.24, 2.45) is 0 Å². The predicted molar refractivity (Wildman–Crippen MR) is 99.6 cm³/mol. The van der Waals surface area contributed by atoms with E-state index in [0.717, 1.165) is 47.0 Å². The minimum absolute atomic E-state index is 0.230. The van der Waals surface area contributed by atoms with Gasteiger partial charge in [0, 0.05) is 24.2 Å². The van der Waals surface area contributed by atoms with Crippen LogP contribution in [0.3, 0.4) is 0 Å². The molecule has 0 aliphatic carbocycles. The van der Waals surface area contributed by atoms with Gasteiger partial charge in [-0.15, -0.1) is 10.2 Å². The van der Waals surface area contributed by atoms with Crippen LogP contribution in [0.1, 0.15) is 17.5 Å². The Balaban J connectivity index is 1.47. The number of aryl methyl sites for hydroxylation is 1. The lowest BCUT2D eigenvalue weighted by Gasteiger charge is -2.01. The Labute approximate surface area is 151 Å². The Hall–Kier alpha value is -2.08. The van der Waals surface area contributed by atoms with Crippen LogP contribution in [0.5, 0.6) is 0 Å². The van der Waals surface area contributed by atoms with Gasteiger partial charge in [0.2, 0.25) is 0 Å². The Kier molecular flexibility index (Phi) is 4.88. The molecule has 1 unspecified atom stereocenters. The quantitative estimate of drug-likeness (QED) is 0.658. The van der Waals surface area contributed by atoms with Crippen molar-refractivity contribution < 1.29 is 9.84 Å². The number of nitrogens with zero attached hydrogens (tertiary/aromatic N) is 2. The summed E-state index contributed by atoms with van der Waals surface area (Å²) in [6.45, 7) is 1.12. The second kappa shape index (κ2) is 7.44. The highest BCUT2D eigenvalue weighted by Crippen LogP contribution is 2.30. The van der Waals surface area contributed by atoms with E-state index in [1.54, 1.807) is 11.3 Å². The molecule has 3 aromatic rings. The van der Waals surface area contributed by atoms with Gasteiger partial charge in [-0.25, -0.2) is 0 Å². The maximum Gasteiger partial charge on any atom is 0.148 e. The van der Waals surface area contributed by atoms with Gasteiger partial charge in [0.05, 0.1) is 12.7 Å². The van der Waals surface area contributed by atoms with E-state index in [9.17, 15) is 0 Å². The fourth-order valence-electron chi connectivity index (χ4n) is 2.79. The molecule has 0 spiro atoms. The third kappa shape index (κ3) is 4.12. The molecule has 5 heteroatoms. The summed E-state index contributed by atoms with van der Waals surface area (Å²) in [7, 11) is 0. The second-order valence-corrected chi connectivity index (χ2v) is 7.27. The molecule has 1 aliphatic rings. The van der Waals surface area contributed by atoms with Crippen molar-refractivity contribution in [3.8, 4) is 21.1 Å². The minimum atomic E-state index is 0.230. The number of hydrogen-bond acceptors (Lipinski definition) is 5. The second-order valence-electron chi connectivity index (χ2n) is 6.29. The van der Waals surface area contributed by atoms with Crippen molar-refractivity contribution in [3.05, 3.63) is 59.7 Å². The molecule has 0 amide bonds. The van der Waals surface area contributed by atoms with Crippen LogP contribution >= 0.6 is 11.3 Å². The zero-order chi connectivity index (χ0) is 17.1. The molecule has 0 saturated carbocycles. The lowest BCUT2D eigenvalue weighted by atomic mass is 10.1. The molecule has 1 aromatic heterocycles. The topological polar surface area (TPSA) is 58.5 Å². The summed E-state index contributed by atoms with van der Waals surface area (Å²) in [5.41, 5.74) is 4.72. The standard InChI is InChI=1S/C20H20N2O2S/c23-11-1-2-14-3-7-16(8-4-14)19-21-22-20(25-19)17-9-5-15(6-10-17)12-18-13-24-18/h3-10,18,23H,1-2,11-13H2. The van der Waals surface area contributed by atoms with Crippen molar-refractivity contribution in [1.29, 1.82) is 0 Å². The van der Waals surface area contributed by atoms with Crippen LogP contribution < -0.4 is 0 Å². The number of ether oxygens (including phenoxy) is 1. The summed E-state index contributed by atoms with van der Waals surface area (Å²) >= 11 is 1.61. The normalized spacial score (nSPS) is 16.1. The molecule has 4 nitrogen and oxygen atoms in total. The van der Waals surface area contributed by atoms with Crippen molar-refractivity contribution in [3.63, 3.8) is 0 Å². The summed E-state index contributed by atoms with van der Waals surface area (Å²) < 4.78 is 5.28. The average molecular weight is 352 g/mol. The van der Waals surface area contributed by atoms with Gasteiger partial charge in [-0.3, -0.25) is 0 Å². The largest absolute Gasteiger partial charge is 0.396 e. The predicted octanol–water partition coefficient (Wildman–Crippen LogP) is 3.74. The van der Waals surface area contributed by atoms with Gasteiger partial charge < -0.3 is 9.84 Å². The summed E-state index contributed by atoms with van der Waals surface area (Å²) in [5.74, 6) is 0. The number of epoxide rings is 1. The highest BCUT2D eigenvalue weighted by atomic mass is 32.1. The molecule has 128 valence electrons. The van der Waals surface area contributed by atoms with E-state index in [0.29, 0.717) is 6.10 Å². The van der Waals surface area contributed by atoms with Crippen LogP contribution in [-0.2, 0) is 17.6 Å². The first-order valence-electron chi connectivity index (χ1n) is 8.56. The van der Waals surface area contributed by atoms with Gasteiger partial charge in [0.25, 0.3) is 0 Å². The molecule has 25 heavy (non-hydrogen) atoms. The minimum Gasteiger partial charge on any atom is -0.396 e. The summed E-state index contributed by atoms with van der Waals surface area (Å²) in [6, 6.07) is 16.9. The molecule has 1 aliphatic heterocycles. The zero-order valence-corrected chi connectivity index (χ0v) is 14.7. The number of aliphatic hydroxyl groups excluding tert-OH is 1. The average Bonchev–Trinajstić information content (AvgIpc) is 3.33. The Morgan fingerprint density at radius 3 is 2.00 bits per heavy atom. The van der Waals surface area contributed by atoms with E-state index in [1.165, 1.54) is 11.1 Å². The number of aliphatic hydroxyl groups is 1. The van der Waals surface area contributed by atoms with E-state index in [2.05, 4.69) is 58.7 Å².